The summed E-state index contributed by atoms with van der Waals surface area (Å²) in [6.45, 7) is 1.68. The van der Waals surface area contributed by atoms with E-state index in [1.807, 2.05) is 54.8 Å². The molecule has 0 unspecified atom stereocenters. The molecule has 6 nitrogen and oxygen atoms in total. The number of benzene rings is 2. The van der Waals surface area contributed by atoms with Crippen LogP contribution in [0.25, 0.3) is 11.1 Å². The van der Waals surface area contributed by atoms with Crippen LogP contribution in [-0.4, -0.2) is 61.4 Å². The van der Waals surface area contributed by atoms with Crippen molar-refractivity contribution in [1.29, 1.82) is 0 Å². The summed E-state index contributed by atoms with van der Waals surface area (Å²) in [4.78, 5) is 25.3. The van der Waals surface area contributed by atoms with Crippen molar-refractivity contribution in [3.05, 3.63) is 54.1 Å². The van der Waals surface area contributed by atoms with E-state index in [1.165, 1.54) is 7.11 Å². The lowest BCUT2D eigenvalue weighted by Crippen LogP contribution is -2.42. The van der Waals surface area contributed by atoms with E-state index in [1.54, 1.807) is 11.8 Å². The van der Waals surface area contributed by atoms with E-state index in [-0.39, 0.29) is 11.9 Å². The Kier molecular flexibility index (Phi) is 9.32. The highest BCUT2D eigenvalue weighted by atomic mass is 32.2. The van der Waals surface area contributed by atoms with Gasteiger partial charge in [0.2, 0.25) is 0 Å². The van der Waals surface area contributed by atoms with Gasteiger partial charge in [-0.15, -0.1) is 0 Å². The molecule has 0 spiro atoms. The van der Waals surface area contributed by atoms with Gasteiger partial charge in [-0.05, 0) is 60.7 Å². The van der Waals surface area contributed by atoms with Crippen LogP contribution in [0.15, 0.2) is 48.5 Å². The molecule has 0 bridgehead atoms. The number of hydrogen-bond donors (Lipinski definition) is 4. The van der Waals surface area contributed by atoms with Crippen molar-refractivity contribution in [2.45, 2.75) is 30.2 Å². The van der Waals surface area contributed by atoms with Crippen LogP contribution in [0.5, 0.6) is 0 Å². The quantitative estimate of drug-likeness (QED) is 0.313. The summed E-state index contributed by atoms with van der Waals surface area (Å²) in [5.74, 6) is 0.0152. The lowest BCUT2D eigenvalue weighted by atomic mass is 10.0. The van der Waals surface area contributed by atoms with Crippen LogP contribution in [0.2, 0.25) is 0 Å². The number of carbonyl (C=O) groups is 2. The van der Waals surface area contributed by atoms with Crippen molar-refractivity contribution >= 4 is 42.0 Å². The highest BCUT2D eigenvalue weighted by Gasteiger charge is 2.24. The maximum absolute atomic E-state index is 13.1. The Morgan fingerprint density at radius 1 is 1.22 bits per heavy atom. The molecule has 0 aliphatic carbocycles. The zero-order valence-corrected chi connectivity index (χ0v) is 20.2. The first-order valence-electron chi connectivity index (χ1n) is 10.7. The second-order valence-electron chi connectivity index (χ2n) is 7.79. The molecule has 1 amide bonds. The third kappa shape index (κ3) is 6.67. The first-order chi connectivity index (χ1) is 15.5. The van der Waals surface area contributed by atoms with Crippen molar-refractivity contribution in [3.63, 3.8) is 0 Å². The van der Waals surface area contributed by atoms with Crippen LogP contribution in [0.4, 0.5) is 5.69 Å². The van der Waals surface area contributed by atoms with E-state index in [9.17, 15) is 9.59 Å². The zero-order valence-electron chi connectivity index (χ0n) is 18.5. The molecular weight excluding hydrogens is 442 g/mol. The number of thioether (sulfide) groups is 1. The van der Waals surface area contributed by atoms with Gasteiger partial charge < -0.3 is 20.7 Å². The largest absolute Gasteiger partial charge is 0.467 e. The predicted octanol–water partition coefficient (Wildman–Crippen LogP) is 3.45. The smallest absolute Gasteiger partial charge is 0.328 e. The van der Waals surface area contributed by atoms with E-state index >= 15 is 0 Å². The molecule has 0 aromatic heterocycles. The Morgan fingerprint density at radius 2 is 2.00 bits per heavy atom. The highest BCUT2D eigenvalue weighted by molar-refractivity contribution is 7.98. The average Bonchev–Trinajstić information content (AvgIpc) is 3.24. The average molecular weight is 474 g/mol. The first kappa shape index (κ1) is 24.5. The summed E-state index contributed by atoms with van der Waals surface area (Å²) >= 11 is 6.27. The van der Waals surface area contributed by atoms with Crippen molar-refractivity contribution in [1.82, 2.24) is 10.6 Å². The minimum absolute atomic E-state index is 0.270. The van der Waals surface area contributed by atoms with E-state index in [4.69, 9.17) is 4.74 Å². The molecule has 1 heterocycles. The minimum Gasteiger partial charge on any atom is -0.467 e. The van der Waals surface area contributed by atoms with Crippen LogP contribution in [0, 0.1) is 0 Å². The van der Waals surface area contributed by atoms with Gasteiger partial charge in [0.15, 0.2) is 0 Å². The van der Waals surface area contributed by atoms with Gasteiger partial charge in [0.05, 0.1) is 7.11 Å². The number of nitrogens with one attached hydrogen (secondary N) is 3. The summed E-state index contributed by atoms with van der Waals surface area (Å²) in [7, 11) is 1.34. The second-order valence-corrected chi connectivity index (χ2v) is 9.44. The molecule has 0 saturated carbocycles. The number of methoxy groups -OCH3 is 1. The first-order valence-corrected chi connectivity index (χ1v) is 12.7. The summed E-state index contributed by atoms with van der Waals surface area (Å²) in [6.07, 6.45) is 3.52. The number of anilines is 1. The Balaban J connectivity index is 1.84. The van der Waals surface area contributed by atoms with Gasteiger partial charge in [0.25, 0.3) is 5.91 Å². The van der Waals surface area contributed by atoms with Gasteiger partial charge >= 0.3 is 5.97 Å². The van der Waals surface area contributed by atoms with E-state index < -0.39 is 12.0 Å². The van der Waals surface area contributed by atoms with Crippen LogP contribution in [0.3, 0.4) is 0 Å². The predicted molar refractivity (Wildman–Crippen MR) is 136 cm³/mol. The van der Waals surface area contributed by atoms with Gasteiger partial charge in [-0.3, -0.25) is 4.79 Å². The summed E-state index contributed by atoms with van der Waals surface area (Å²) < 4.78 is 4.88. The third-order valence-electron chi connectivity index (χ3n) is 5.54. The molecule has 1 aliphatic rings. The number of ether oxygens (including phenoxy) is 1. The van der Waals surface area contributed by atoms with Crippen LogP contribution >= 0.6 is 24.4 Å². The van der Waals surface area contributed by atoms with Crippen LogP contribution in [-0.2, 0) is 9.53 Å². The van der Waals surface area contributed by atoms with Crippen molar-refractivity contribution in [2.24, 2.45) is 0 Å². The number of amides is 1. The second kappa shape index (κ2) is 12.2. The summed E-state index contributed by atoms with van der Waals surface area (Å²) in [6, 6.07) is 15.2. The molecule has 3 N–H and O–H groups in total. The molecule has 32 heavy (non-hydrogen) atoms. The lowest BCUT2D eigenvalue weighted by Gasteiger charge is -2.19. The molecule has 8 heteroatoms. The highest BCUT2D eigenvalue weighted by Crippen LogP contribution is 2.26. The number of thiol groups is 1. The molecular formula is C24H31N3O3S2. The number of hydrogen-bond acceptors (Lipinski definition) is 7. The standard InChI is InChI=1S/C24H31N3O3S2/c1-30-24(29)20(9-11-32-2)27-23(28)18-12-17(16-6-4-3-5-7-16)13-19(14-18)26-15-21-22(31)8-10-25-21/h3-7,12-14,20-22,25-26,31H,8-11,15H2,1-2H3,(H,27,28)/t20-,21-,22-/m0/s1. The zero-order chi connectivity index (χ0) is 22.9. The van der Waals surface area contributed by atoms with Gasteiger partial charge in [0.1, 0.15) is 6.04 Å². The molecule has 0 radical (unpaired) electrons. The maximum Gasteiger partial charge on any atom is 0.328 e. The van der Waals surface area contributed by atoms with Gasteiger partial charge in [0, 0.05) is 29.1 Å². The molecule has 1 aliphatic heterocycles. The van der Waals surface area contributed by atoms with Gasteiger partial charge in [-0.1, -0.05) is 30.3 Å². The maximum atomic E-state index is 13.1. The Labute approximate surface area is 199 Å². The lowest BCUT2D eigenvalue weighted by molar-refractivity contribution is -0.142. The molecule has 1 saturated heterocycles. The summed E-state index contributed by atoms with van der Waals surface area (Å²) in [5, 5.41) is 10.1. The topological polar surface area (TPSA) is 79.5 Å². The fourth-order valence-corrected chi connectivity index (χ4v) is 4.53. The fraction of sp³-hybridized carbons (Fsp3) is 0.417. The van der Waals surface area contributed by atoms with Gasteiger partial charge in [-0.25, -0.2) is 4.79 Å². The normalized spacial score (nSPS) is 18.7. The Bertz CT molecular complexity index is 911. The molecule has 2 aromatic carbocycles. The minimum atomic E-state index is -0.677. The molecule has 2 aromatic rings. The van der Waals surface area contributed by atoms with Crippen LogP contribution < -0.4 is 16.0 Å². The summed E-state index contributed by atoms with van der Waals surface area (Å²) in [5.41, 5.74) is 3.29. The Morgan fingerprint density at radius 3 is 2.66 bits per heavy atom. The fourth-order valence-electron chi connectivity index (χ4n) is 3.72. The van der Waals surface area contributed by atoms with Gasteiger partial charge in [-0.2, -0.15) is 24.4 Å². The number of carbonyl (C=O) groups excluding carboxylic acids is 2. The van der Waals surface area contributed by atoms with Crippen LogP contribution in [0.1, 0.15) is 23.2 Å². The number of esters is 1. The number of rotatable bonds is 10. The van der Waals surface area contributed by atoms with E-state index in [2.05, 4.69) is 28.6 Å². The SMILES string of the molecule is COC(=O)[C@H](CCSC)NC(=O)c1cc(NC[C@@H]2NCC[C@@H]2S)cc(-c2ccccc2)c1. The molecule has 3 rings (SSSR count). The molecule has 3 atom stereocenters. The van der Waals surface area contributed by atoms with Crippen molar-refractivity contribution in [2.75, 3.05) is 37.5 Å². The van der Waals surface area contributed by atoms with Crippen molar-refractivity contribution in [3.8, 4) is 11.1 Å². The van der Waals surface area contributed by atoms with E-state index in [0.717, 1.165) is 35.5 Å². The molecule has 172 valence electrons. The Hall–Kier alpha value is -2.16. The van der Waals surface area contributed by atoms with Crippen molar-refractivity contribution < 1.29 is 14.3 Å². The molecule has 1 fully saturated rings. The third-order valence-corrected chi connectivity index (χ3v) is 6.80. The van der Waals surface area contributed by atoms with E-state index in [0.29, 0.717) is 23.8 Å². The monoisotopic (exact) mass is 473 g/mol.